The Kier molecular flexibility index (Phi) is 5.09. The van der Waals surface area contributed by atoms with E-state index in [4.69, 9.17) is 0 Å². The van der Waals surface area contributed by atoms with Gasteiger partial charge in [-0.15, -0.1) is 0 Å². The first-order valence-corrected chi connectivity index (χ1v) is 7.62. The van der Waals surface area contributed by atoms with Gasteiger partial charge in [0.05, 0.1) is 5.56 Å². The normalized spacial score (nSPS) is 11.3. The number of alkyl halides is 3. The van der Waals surface area contributed by atoms with Crippen molar-refractivity contribution in [1.29, 1.82) is 0 Å². The van der Waals surface area contributed by atoms with E-state index in [0.29, 0.717) is 10.7 Å². The van der Waals surface area contributed by atoms with Crippen molar-refractivity contribution in [2.24, 2.45) is 0 Å². The van der Waals surface area contributed by atoms with Gasteiger partial charge in [-0.3, -0.25) is 9.59 Å². The molecular weight excluding hydrogens is 331 g/mol. The van der Waals surface area contributed by atoms with E-state index in [-0.39, 0.29) is 12.2 Å². The Morgan fingerprint density at radius 3 is 2.52 bits per heavy atom. The summed E-state index contributed by atoms with van der Waals surface area (Å²) in [4.78, 5) is 29.7. The van der Waals surface area contributed by atoms with Crippen LogP contribution in [0.25, 0.3) is 0 Å². The Hall–Kier alpha value is -2.29. The van der Waals surface area contributed by atoms with Crippen LogP contribution in [0.15, 0.2) is 40.3 Å². The molecule has 2 aromatic rings. The Morgan fingerprint density at radius 1 is 1.30 bits per heavy atom. The van der Waals surface area contributed by atoms with Crippen LogP contribution in [0.1, 0.15) is 21.6 Å². The molecular formula is C14H12F3N3O2S. The molecule has 0 atom stereocenters. The molecule has 0 fully saturated rings. The summed E-state index contributed by atoms with van der Waals surface area (Å²) in [6.07, 6.45) is -2.70. The second kappa shape index (κ2) is 6.86. The fraction of sp³-hybridized carbons (Fsp3) is 0.214. The molecule has 1 aromatic heterocycles. The first-order chi connectivity index (χ1) is 10.8. The maximum absolute atomic E-state index is 12.5. The lowest BCUT2D eigenvalue weighted by atomic mass is 10.1. The van der Waals surface area contributed by atoms with E-state index in [2.05, 4.69) is 15.3 Å². The zero-order chi connectivity index (χ0) is 17.0. The number of amides is 1. The van der Waals surface area contributed by atoms with Crippen molar-refractivity contribution in [2.75, 3.05) is 6.26 Å². The predicted octanol–water partition coefficient (Wildman–Crippen LogP) is 2.44. The van der Waals surface area contributed by atoms with Crippen molar-refractivity contribution in [3.8, 4) is 0 Å². The highest BCUT2D eigenvalue weighted by atomic mass is 32.2. The van der Waals surface area contributed by atoms with E-state index in [1.54, 1.807) is 6.26 Å². The number of aromatic amines is 1. The third kappa shape index (κ3) is 4.59. The van der Waals surface area contributed by atoms with Crippen molar-refractivity contribution in [1.82, 2.24) is 15.3 Å². The number of benzene rings is 1. The Balaban J connectivity index is 2.04. The molecule has 23 heavy (non-hydrogen) atoms. The van der Waals surface area contributed by atoms with E-state index in [0.717, 1.165) is 18.2 Å². The highest BCUT2D eigenvalue weighted by molar-refractivity contribution is 7.98. The number of carbonyl (C=O) groups excluding carboxylic acids is 1. The highest BCUT2D eigenvalue weighted by Gasteiger charge is 2.29. The van der Waals surface area contributed by atoms with Crippen LogP contribution in [0.3, 0.4) is 0 Å². The first-order valence-electron chi connectivity index (χ1n) is 6.39. The lowest BCUT2D eigenvalue weighted by Gasteiger charge is -2.08. The number of nitrogens with one attached hydrogen (secondary N) is 2. The van der Waals surface area contributed by atoms with Gasteiger partial charge >= 0.3 is 6.18 Å². The molecule has 0 saturated carbocycles. The van der Waals surface area contributed by atoms with Gasteiger partial charge in [-0.1, -0.05) is 23.9 Å². The van der Waals surface area contributed by atoms with Gasteiger partial charge in [0, 0.05) is 12.6 Å². The second-order valence-electron chi connectivity index (χ2n) is 4.52. The summed E-state index contributed by atoms with van der Waals surface area (Å²) in [7, 11) is 0. The van der Waals surface area contributed by atoms with E-state index in [1.807, 2.05) is 0 Å². The monoisotopic (exact) mass is 343 g/mol. The van der Waals surface area contributed by atoms with Crippen molar-refractivity contribution in [2.45, 2.75) is 17.9 Å². The number of hydrogen-bond acceptors (Lipinski definition) is 4. The second-order valence-corrected chi connectivity index (χ2v) is 5.31. The first kappa shape index (κ1) is 17.1. The summed E-state index contributed by atoms with van der Waals surface area (Å²) in [6.45, 7) is 0.0278. The van der Waals surface area contributed by atoms with Gasteiger partial charge < -0.3 is 10.3 Å². The Morgan fingerprint density at radius 2 is 1.96 bits per heavy atom. The van der Waals surface area contributed by atoms with Crippen LogP contribution < -0.4 is 10.9 Å². The van der Waals surface area contributed by atoms with Gasteiger partial charge in [-0.25, -0.2) is 4.98 Å². The molecule has 0 radical (unpaired) electrons. The number of nitrogens with zero attached hydrogens (tertiary/aromatic N) is 1. The topological polar surface area (TPSA) is 74.8 Å². The molecule has 2 N–H and O–H groups in total. The molecule has 0 unspecified atom stereocenters. The third-order valence-corrected chi connectivity index (χ3v) is 3.46. The van der Waals surface area contributed by atoms with Gasteiger partial charge in [-0.2, -0.15) is 13.2 Å². The van der Waals surface area contributed by atoms with E-state index in [1.165, 1.54) is 23.9 Å². The molecule has 1 aromatic carbocycles. The Bertz CT molecular complexity index is 757. The quantitative estimate of drug-likeness (QED) is 0.660. The van der Waals surface area contributed by atoms with Crippen LogP contribution >= 0.6 is 11.8 Å². The number of aromatic nitrogens is 2. The van der Waals surface area contributed by atoms with Crippen LogP contribution in [0.5, 0.6) is 0 Å². The van der Waals surface area contributed by atoms with Gasteiger partial charge in [0.2, 0.25) is 0 Å². The summed E-state index contributed by atoms with van der Waals surface area (Å²) >= 11 is 1.18. The standard InChI is InChI=1S/C14H12F3N3O2S/c1-23-13-19-10(6-11(21)20-13)12(22)18-7-8-2-4-9(5-3-8)14(15,16)17/h2-6H,7H2,1H3,(H,18,22)(H,19,20,21). The molecule has 0 aliphatic heterocycles. The third-order valence-electron chi connectivity index (χ3n) is 2.88. The van der Waals surface area contributed by atoms with Crippen LogP contribution in [0.4, 0.5) is 13.2 Å². The summed E-state index contributed by atoms with van der Waals surface area (Å²) in [6, 6.07) is 5.50. The molecule has 0 aliphatic rings. The average molecular weight is 343 g/mol. The molecule has 0 aliphatic carbocycles. The maximum atomic E-state index is 12.5. The van der Waals surface area contributed by atoms with Crippen molar-refractivity contribution in [3.05, 3.63) is 57.5 Å². The van der Waals surface area contributed by atoms with Crippen LogP contribution in [-0.4, -0.2) is 22.1 Å². The molecule has 0 spiro atoms. The van der Waals surface area contributed by atoms with E-state index >= 15 is 0 Å². The molecule has 1 heterocycles. The highest BCUT2D eigenvalue weighted by Crippen LogP contribution is 2.29. The van der Waals surface area contributed by atoms with E-state index in [9.17, 15) is 22.8 Å². The SMILES string of the molecule is CSc1nc(C(=O)NCc2ccc(C(F)(F)F)cc2)cc(=O)[nH]1. The zero-order valence-corrected chi connectivity index (χ0v) is 12.7. The minimum atomic E-state index is -4.40. The summed E-state index contributed by atoms with van der Waals surface area (Å²) in [5.41, 5.74) is -0.760. The van der Waals surface area contributed by atoms with Gasteiger partial charge in [0.25, 0.3) is 11.5 Å². The van der Waals surface area contributed by atoms with Crippen molar-refractivity contribution in [3.63, 3.8) is 0 Å². The molecule has 5 nitrogen and oxygen atoms in total. The molecule has 122 valence electrons. The molecule has 2 rings (SSSR count). The van der Waals surface area contributed by atoms with Gasteiger partial charge in [-0.05, 0) is 24.0 Å². The smallest absolute Gasteiger partial charge is 0.347 e. The van der Waals surface area contributed by atoms with Crippen molar-refractivity contribution < 1.29 is 18.0 Å². The number of rotatable bonds is 4. The van der Waals surface area contributed by atoms with Crippen LogP contribution in [0, 0.1) is 0 Å². The summed E-state index contributed by atoms with van der Waals surface area (Å²) in [5, 5.41) is 2.81. The van der Waals surface area contributed by atoms with Crippen LogP contribution in [0.2, 0.25) is 0 Å². The van der Waals surface area contributed by atoms with Gasteiger partial charge in [0.1, 0.15) is 5.69 Å². The summed E-state index contributed by atoms with van der Waals surface area (Å²) in [5.74, 6) is -0.578. The lowest BCUT2D eigenvalue weighted by Crippen LogP contribution is -2.26. The number of hydrogen-bond donors (Lipinski definition) is 2. The zero-order valence-electron chi connectivity index (χ0n) is 11.9. The number of thioether (sulfide) groups is 1. The molecule has 9 heteroatoms. The minimum Gasteiger partial charge on any atom is -0.347 e. The van der Waals surface area contributed by atoms with Crippen LogP contribution in [-0.2, 0) is 12.7 Å². The Labute approximate surface area is 133 Å². The minimum absolute atomic E-state index is 0.0278. The fourth-order valence-corrected chi connectivity index (χ4v) is 2.13. The molecule has 0 saturated heterocycles. The van der Waals surface area contributed by atoms with Gasteiger partial charge in [0.15, 0.2) is 5.16 Å². The predicted molar refractivity (Wildman–Crippen MR) is 79.3 cm³/mol. The largest absolute Gasteiger partial charge is 0.416 e. The average Bonchev–Trinajstić information content (AvgIpc) is 2.51. The summed E-state index contributed by atoms with van der Waals surface area (Å²) < 4.78 is 37.4. The molecule has 1 amide bonds. The lowest BCUT2D eigenvalue weighted by molar-refractivity contribution is -0.137. The van der Waals surface area contributed by atoms with E-state index < -0.39 is 23.2 Å². The maximum Gasteiger partial charge on any atom is 0.416 e. The van der Waals surface area contributed by atoms with Crippen molar-refractivity contribution >= 4 is 17.7 Å². The number of H-pyrrole nitrogens is 1. The number of halogens is 3. The fourth-order valence-electron chi connectivity index (χ4n) is 1.73. The molecule has 0 bridgehead atoms. The number of carbonyl (C=O) groups is 1.